The van der Waals surface area contributed by atoms with Crippen LogP contribution >= 0.6 is 0 Å². The lowest BCUT2D eigenvalue weighted by molar-refractivity contribution is 0.0517. The van der Waals surface area contributed by atoms with Gasteiger partial charge in [-0.1, -0.05) is 56.2 Å². The van der Waals surface area contributed by atoms with E-state index in [1.54, 1.807) is 24.4 Å². The predicted octanol–water partition coefficient (Wildman–Crippen LogP) is 4.92. The standard InChI is InChI=1S/C18H21NO3/c1-2-3-5-12-16(15-10-6-4-7-11-15)21-18(20)22-17-13-8-9-14-19-17/h4,6-11,13-14,16H,2-3,5,12H2,1H3. The van der Waals surface area contributed by atoms with E-state index in [2.05, 4.69) is 11.9 Å². The highest BCUT2D eigenvalue weighted by atomic mass is 16.7. The molecule has 0 N–H and O–H groups in total. The Hall–Kier alpha value is -2.36. The molecule has 0 aliphatic carbocycles. The number of ether oxygens (including phenoxy) is 2. The lowest BCUT2D eigenvalue weighted by Crippen LogP contribution is -2.16. The SMILES string of the molecule is CCCCCC(OC(=O)Oc1ccccn1)c1ccccc1. The van der Waals surface area contributed by atoms with Crippen molar-refractivity contribution in [1.82, 2.24) is 4.98 Å². The number of carbonyl (C=O) groups is 1. The van der Waals surface area contributed by atoms with Crippen LogP contribution in [0.25, 0.3) is 0 Å². The average Bonchev–Trinajstić information content (AvgIpc) is 2.56. The molecular weight excluding hydrogens is 278 g/mol. The van der Waals surface area contributed by atoms with Gasteiger partial charge in [-0.15, -0.1) is 0 Å². The molecule has 0 amide bonds. The van der Waals surface area contributed by atoms with Crippen LogP contribution in [0.4, 0.5) is 4.79 Å². The summed E-state index contributed by atoms with van der Waals surface area (Å²) in [7, 11) is 0. The van der Waals surface area contributed by atoms with Crippen LogP contribution < -0.4 is 4.74 Å². The molecule has 1 heterocycles. The molecule has 2 rings (SSSR count). The summed E-state index contributed by atoms with van der Waals surface area (Å²) in [6.07, 6.45) is 4.59. The Morgan fingerprint density at radius 3 is 2.55 bits per heavy atom. The van der Waals surface area contributed by atoms with Crippen molar-refractivity contribution in [2.45, 2.75) is 38.7 Å². The fraction of sp³-hybridized carbons (Fsp3) is 0.333. The van der Waals surface area contributed by atoms with Gasteiger partial charge < -0.3 is 9.47 Å². The van der Waals surface area contributed by atoms with E-state index in [0.717, 1.165) is 31.2 Å². The van der Waals surface area contributed by atoms with Gasteiger partial charge in [0, 0.05) is 12.3 Å². The molecule has 0 aliphatic rings. The van der Waals surface area contributed by atoms with Gasteiger partial charge >= 0.3 is 6.16 Å². The van der Waals surface area contributed by atoms with E-state index in [0.29, 0.717) is 0 Å². The summed E-state index contributed by atoms with van der Waals surface area (Å²) < 4.78 is 10.6. The molecule has 0 fully saturated rings. The van der Waals surface area contributed by atoms with Crippen LogP contribution in [0.15, 0.2) is 54.7 Å². The summed E-state index contributed by atoms with van der Waals surface area (Å²) in [6.45, 7) is 2.15. The van der Waals surface area contributed by atoms with Crippen LogP contribution in [0.1, 0.15) is 44.3 Å². The van der Waals surface area contributed by atoms with E-state index in [-0.39, 0.29) is 12.0 Å². The largest absolute Gasteiger partial charge is 0.515 e. The lowest BCUT2D eigenvalue weighted by atomic mass is 10.0. The lowest BCUT2D eigenvalue weighted by Gasteiger charge is -2.17. The molecule has 0 bridgehead atoms. The van der Waals surface area contributed by atoms with Gasteiger partial charge in [0.05, 0.1) is 0 Å². The minimum atomic E-state index is -0.718. The third-order valence-corrected chi connectivity index (χ3v) is 3.31. The highest BCUT2D eigenvalue weighted by Crippen LogP contribution is 2.24. The van der Waals surface area contributed by atoms with Crippen LogP contribution in [0.2, 0.25) is 0 Å². The van der Waals surface area contributed by atoms with Crippen molar-refractivity contribution in [2.75, 3.05) is 0 Å². The Balaban J connectivity index is 1.97. The van der Waals surface area contributed by atoms with E-state index in [1.807, 2.05) is 30.3 Å². The zero-order chi connectivity index (χ0) is 15.6. The number of hydrogen-bond donors (Lipinski definition) is 0. The van der Waals surface area contributed by atoms with Crippen LogP contribution in [0.5, 0.6) is 5.88 Å². The molecule has 0 saturated heterocycles. The van der Waals surface area contributed by atoms with Crippen molar-refractivity contribution in [3.63, 3.8) is 0 Å². The topological polar surface area (TPSA) is 48.4 Å². The summed E-state index contributed by atoms with van der Waals surface area (Å²) in [6, 6.07) is 14.9. The van der Waals surface area contributed by atoms with Gasteiger partial charge in [-0.25, -0.2) is 9.78 Å². The minimum Gasteiger partial charge on any atom is -0.426 e. The molecule has 116 valence electrons. The van der Waals surface area contributed by atoms with Crippen LogP contribution in [0, 0.1) is 0 Å². The summed E-state index contributed by atoms with van der Waals surface area (Å²) in [5.74, 6) is 0.243. The van der Waals surface area contributed by atoms with Crippen molar-refractivity contribution in [3.8, 4) is 5.88 Å². The van der Waals surface area contributed by atoms with Crippen molar-refractivity contribution >= 4 is 6.16 Å². The summed E-state index contributed by atoms with van der Waals surface area (Å²) in [4.78, 5) is 15.9. The fourth-order valence-electron chi connectivity index (χ4n) is 2.17. The molecule has 1 atom stereocenters. The first-order valence-electron chi connectivity index (χ1n) is 7.64. The monoisotopic (exact) mass is 299 g/mol. The summed E-state index contributed by atoms with van der Waals surface area (Å²) in [5, 5.41) is 0. The van der Waals surface area contributed by atoms with E-state index < -0.39 is 6.16 Å². The predicted molar refractivity (Wildman–Crippen MR) is 84.7 cm³/mol. The van der Waals surface area contributed by atoms with Crippen molar-refractivity contribution < 1.29 is 14.3 Å². The molecule has 4 nitrogen and oxygen atoms in total. The third-order valence-electron chi connectivity index (χ3n) is 3.31. The Morgan fingerprint density at radius 2 is 1.86 bits per heavy atom. The minimum absolute atomic E-state index is 0.243. The van der Waals surface area contributed by atoms with Gasteiger partial charge in [-0.05, 0) is 24.5 Å². The number of benzene rings is 1. The Morgan fingerprint density at radius 1 is 1.09 bits per heavy atom. The molecule has 0 spiro atoms. The molecule has 22 heavy (non-hydrogen) atoms. The first-order valence-corrected chi connectivity index (χ1v) is 7.64. The van der Waals surface area contributed by atoms with Gasteiger partial charge in [-0.3, -0.25) is 0 Å². The van der Waals surface area contributed by atoms with Crippen molar-refractivity contribution in [3.05, 3.63) is 60.3 Å². The smallest absolute Gasteiger partial charge is 0.426 e. The molecule has 1 unspecified atom stereocenters. The first-order chi connectivity index (χ1) is 10.8. The summed E-state index contributed by atoms with van der Waals surface area (Å²) >= 11 is 0. The Bertz CT molecular complexity index is 557. The average molecular weight is 299 g/mol. The second-order valence-corrected chi connectivity index (χ2v) is 5.03. The zero-order valence-corrected chi connectivity index (χ0v) is 12.8. The van der Waals surface area contributed by atoms with Crippen LogP contribution in [-0.2, 0) is 4.74 Å². The van der Waals surface area contributed by atoms with E-state index >= 15 is 0 Å². The molecule has 0 radical (unpaired) electrons. The van der Waals surface area contributed by atoms with E-state index in [1.165, 1.54) is 0 Å². The number of unbranched alkanes of at least 4 members (excludes halogenated alkanes) is 2. The molecule has 0 saturated carbocycles. The molecule has 2 aromatic rings. The number of carbonyl (C=O) groups excluding carboxylic acids is 1. The zero-order valence-electron chi connectivity index (χ0n) is 12.8. The molecule has 1 aromatic heterocycles. The number of aromatic nitrogens is 1. The fourth-order valence-corrected chi connectivity index (χ4v) is 2.17. The van der Waals surface area contributed by atoms with Crippen LogP contribution in [0.3, 0.4) is 0 Å². The maximum atomic E-state index is 11.9. The van der Waals surface area contributed by atoms with E-state index in [4.69, 9.17) is 9.47 Å². The van der Waals surface area contributed by atoms with Gasteiger partial charge in [-0.2, -0.15) is 0 Å². The van der Waals surface area contributed by atoms with Gasteiger partial charge in [0.2, 0.25) is 5.88 Å². The first kappa shape index (κ1) is 16.0. The van der Waals surface area contributed by atoms with E-state index in [9.17, 15) is 4.79 Å². The second-order valence-electron chi connectivity index (χ2n) is 5.03. The van der Waals surface area contributed by atoms with Crippen molar-refractivity contribution in [1.29, 1.82) is 0 Å². The molecular formula is C18H21NO3. The number of nitrogens with zero attached hydrogens (tertiary/aromatic N) is 1. The van der Waals surface area contributed by atoms with Crippen LogP contribution in [-0.4, -0.2) is 11.1 Å². The number of pyridine rings is 1. The molecule has 1 aromatic carbocycles. The quantitative estimate of drug-likeness (QED) is 0.538. The maximum absolute atomic E-state index is 11.9. The highest BCUT2D eigenvalue weighted by Gasteiger charge is 2.18. The van der Waals surface area contributed by atoms with Gasteiger partial charge in [0.15, 0.2) is 0 Å². The highest BCUT2D eigenvalue weighted by molar-refractivity contribution is 5.63. The van der Waals surface area contributed by atoms with Gasteiger partial charge in [0.1, 0.15) is 6.10 Å². The van der Waals surface area contributed by atoms with Crippen molar-refractivity contribution in [2.24, 2.45) is 0 Å². The molecule has 4 heteroatoms. The second kappa shape index (κ2) is 8.82. The molecule has 0 aliphatic heterocycles. The Kier molecular flexibility index (Phi) is 6.42. The third kappa shape index (κ3) is 5.20. The summed E-state index contributed by atoms with van der Waals surface area (Å²) in [5.41, 5.74) is 0.983. The number of hydrogen-bond acceptors (Lipinski definition) is 4. The Labute approximate surface area is 131 Å². The van der Waals surface area contributed by atoms with Gasteiger partial charge in [0.25, 0.3) is 0 Å². The maximum Gasteiger partial charge on any atom is 0.515 e. The number of rotatable bonds is 7. The normalized spacial score (nSPS) is 11.7.